The second kappa shape index (κ2) is 3.68. The maximum absolute atomic E-state index is 8.56. The van der Waals surface area contributed by atoms with E-state index in [2.05, 4.69) is 9.36 Å². The SMILES string of the molecule is N#Cc1nc(N2CCOCC2)ns1. The first-order valence-electron chi connectivity index (χ1n) is 3.96. The van der Waals surface area contributed by atoms with Crippen molar-refractivity contribution < 1.29 is 4.74 Å². The molecule has 13 heavy (non-hydrogen) atoms. The number of ether oxygens (including phenoxy) is 1. The van der Waals surface area contributed by atoms with E-state index in [1.54, 1.807) is 0 Å². The molecule has 0 amide bonds. The molecule has 1 aromatic rings. The van der Waals surface area contributed by atoms with Crippen LogP contribution >= 0.6 is 11.5 Å². The van der Waals surface area contributed by atoms with Gasteiger partial charge in [-0.05, 0) is 11.5 Å². The maximum atomic E-state index is 8.56. The van der Waals surface area contributed by atoms with Gasteiger partial charge in [0, 0.05) is 13.1 Å². The van der Waals surface area contributed by atoms with Gasteiger partial charge in [0.15, 0.2) is 0 Å². The van der Waals surface area contributed by atoms with Crippen molar-refractivity contribution in [3.63, 3.8) is 0 Å². The van der Waals surface area contributed by atoms with E-state index in [-0.39, 0.29) is 0 Å². The monoisotopic (exact) mass is 196 g/mol. The predicted octanol–water partition coefficient (Wildman–Crippen LogP) is 0.246. The van der Waals surface area contributed by atoms with Gasteiger partial charge in [0.25, 0.3) is 0 Å². The van der Waals surface area contributed by atoms with Crippen molar-refractivity contribution in [2.75, 3.05) is 31.2 Å². The van der Waals surface area contributed by atoms with E-state index in [1.165, 1.54) is 0 Å². The predicted molar refractivity (Wildman–Crippen MR) is 47.7 cm³/mol. The van der Waals surface area contributed by atoms with Crippen molar-refractivity contribution in [3.8, 4) is 6.07 Å². The molecule has 5 nitrogen and oxygen atoms in total. The van der Waals surface area contributed by atoms with E-state index in [1.807, 2.05) is 11.0 Å². The fourth-order valence-electron chi connectivity index (χ4n) is 1.15. The van der Waals surface area contributed by atoms with Crippen LogP contribution in [0.25, 0.3) is 0 Å². The Hall–Kier alpha value is -1.19. The summed E-state index contributed by atoms with van der Waals surface area (Å²) in [6.45, 7) is 3.03. The molecule has 0 spiro atoms. The van der Waals surface area contributed by atoms with E-state index in [0.29, 0.717) is 24.2 Å². The summed E-state index contributed by atoms with van der Waals surface area (Å²) in [5.41, 5.74) is 0. The van der Waals surface area contributed by atoms with Crippen LogP contribution in [0.2, 0.25) is 0 Å². The van der Waals surface area contributed by atoms with Crippen LogP contribution in [0.4, 0.5) is 5.95 Å². The van der Waals surface area contributed by atoms with E-state index in [4.69, 9.17) is 10.00 Å². The summed E-state index contributed by atoms with van der Waals surface area (Å²) in [5.74, 6) is 0.657. The number of morpholine rings is 1. The Morgan fingerprint density at radius 1 is 1.46 bits per heavy atom. The van der Waals surface area contributed by atoms with Crippen molar-refractivity contribution in [3.05, 3.63) is 5.01 Å². The normalized spacial score (nSPS) is 17.0. The highest BCUT2D eigenvalue weighted by molar-refractivity contribution is 7.06. The Labute approximate surface area is 79.7 Å². The lowest BCUT2D eigenvalue weighted by Crippen LogP contribution is -2.36. The lowest BCUT2D eigenvalue weighted by atomic mass is 10.4. The molecular weight excluding hydrogens is 188 g/mol. The molecule has 1 fully saturated rings. The zero-order valence-electron chi connectivity index (χ0n) is 6.93. The van der Waals surface area contributed by atoms with Crippen LogP contribution in [0.1, 0.15) is 5.01 Å². The largest absolute Gasteiger partial charge is 0.378 e. The molecule has 0 saturated carbocycles. The average molecular weight is 196 g/mol. The van der Waals surface area contributed by atoms with Gasteiger partial charge in [-0.2, -0.15) is 14.6 Å². The molecular formula is C7H8N4OS. The van der Waals surface area contributed by atoms with Gasteiger partial charge in [0.1, 0.15) is 6.07 Å². The van der Waals surface area contributed by atoms with Gasteiger partial charge in [-0.3, -0.25) is 0 Å². The molecule has 68 valence electrons. The fourth-order valence-corrected chi connectivity index (χ4v) is 1.64. The molecule has 1 aliphatic rings. The summed E-state index contributed by atoms with van der Waals surface area (Å²) in [5, 5.41) is 8.98. The molecule has 0 radical (unpaired) electrons. The first-order chi connectivity index (χ1) is 6.40. The Morgan fingerprint density at radius 3 is 2.85 bits per heavy atom. The number of nitrogens with zero attached hydrogens (tertiary/aromatic N) is 4. The fraction of sp³-hybridized carbons (Fsp3) is 0.571. The van der Waals surface area contributed by atoms with Crippen molar-refractivity contribution in [1.29, 1.82) is 5.26 Å². The van der Waals surface area contributed by atoms with Gasteiger partial charge in [-0.15, -0.1) is 0 Å². The van der Waals surface area contributed by atoms with Crippen molar-refractivity contribution >= 4 is 17.5 Å². The molecule has 1 aliphatic heterocycles. The second-order valence-electron chi connectivity index (χ2n) is 2.61. The summed E-state index contributed by atoms with van der Waals surface area (Å²) in [6, 6.07) is 1.97. The third-order valence-electron chi connectivity index (χ3n) is 1.80. The Bertz CT molecular complexity index is 325. The zero-order valence-corrected chi connectivity index (χ0v) is 7.75. The first-order valence-corrected chi connectivity index (χ1v) is 4.74. The minimum Gasteiger partial charge on any atom is -0.378 e. The number of hydrogen-bond donors (Lipinski definition) is 0. The summed E-state index contributed by atoms with van der Waals surface area (Å²) in [4.78, 5) is 6.10. The molecule has 2 rings (SSSR count). The van der Waals surface area contributed by atoms with Crippen LogP contribution in [0.15, 0.2) is 0 Å². The Morgan fingerprint density at radius 2 is 2.23 bits per heavy atom. The Balaban J connectivity index is 2.11. The van der Waals surface area contributed by atoms with Crippen molar-refractivity contribution in [1.82, 2.24) is 9.36 Å². The molecule has 0 unspecified atom stereocenters. The minimum absolute atomic E-state index is 0.418. The molecule has 0 bridgehead atoms. The van der Waals surface area contributed by atoms with E-state index in [0.717, 1.165) is 24.6 Å². The summed E-state index contributed by atoms with van der Waals surface area (Å²) in [7, 11) is 0. The highest BCUT2D eigenvalue weighted by Gasteiger charge is 2.15. The average Bonchev–Trinajstić information content (AvgIpc) is 2.67. The molecule has 1 saturated heterocycles. The lowest BCUT2D eigenvalue weighted by Gasteiger charge is -2.25. The van der Waals surface area contributed by atoms with E-state index < -0.39 is 0 Å². The Kier molecular flexibility index (Phi) is 2.38. The van der Waals surface area contributed by atoms with Crippen LogP contribution in [-0.4, -0.2) is 35.7 Å². The third kappa shape index (κ3) is 1.76. The number of anilines is 1. The molecule has 1 aromatic heterocycles. The zero-order chi connectivity index (χ0) is 9.10. The molecule has 0 N–H and O–H groups in total. The lowest BCUT2D eigenvalue weighted by molar-refractivity contribution is 0.122. The molecule has 0 atom stereocenters. The van der Waals surface area contributed by atoms with Gasteiger partial charge in [-0.1, -0.05) is 0 Å². The number of nitriles is 1. The van der Waals surface area contributed by atoms with Crippen LogP contribution in [0.3, 0.4) is 0 Å². The van der Waals surface area contributed by atoms with Gasteiger partial charge in [0.05, 0.1) is 13.2 Å². The van der Waals surface area contributed by atoms with Gasteiger partial charge in [-0.25, -0.2) is 0 Å². The first kappa shape index (κ1) is 8.41. The maximum Gasteiger partial charge on any atom is 0.238 e. The standard InChI is InChI=1S/C7H8N4OS/c8-5-6-9-7(10-13-6)11-1-3-12-4-2-11/h1-4H2. The molecule has 6 heteroatoms. The van der Waals surface area contributed by atoms with Crippen molar-refractivity contribution in [2.45, 2.75) is 0 Å². The summed E-state index contributed by atoms with van der Waals surface area (Å²) in [6.07, 6.45) is 0. The minimum atomic E-state index is 0.418. The molecule has 0 aliphatic carbocycles. The highest BCUT2D eigenvalue weighted by atomic mass is 32.1. The summed E-state index contributed by atoms with van der Waals surface area (Å²) < 4.78 is 9.28. The molecule has 0 aromatic carbocycles. The van der Waals surface area contributed by atoms with Crippen LogP contribution in [0, 0.1) is 11.3 Å². The topological polar surface area (TPSA) is 62.0 Å². The van der Waals surface area contributed by atoms with Crippen LogP contribution < -0.4 is 4.90 Å². The smallest absolute Gasteiger partial charge is 0.238 e. The van der Waals surface area contributed by atoms with Crippen molar-refractivity contribution in [2.24, 2.45) is 0 Å². The van der Waals surface area contributed by atoms with Gasteiger partial charge < -0.3 is 9.64 Å². The van der Waals surface area contributed by atoms with E-state index >= 15 is 0 Å². The van der Waals surface area contributed by atoms with Crippen LogP contribution in [0.5, 0.6) is 0 Å². The van der Waals surface area contributed by atoms with Gasteiger partial charge >= 0.3 is 0 Å². The number of rotatable bonds is 1. The molecule has 2 heterocycles. The highest BCUT2D eigenvalue weighted by Crippen LogP contribution is 2.13. The van der Waals surface area contributed by atoms with E-state index in [9.17, 15) is 0 Å². The summed E-state index contributed by atoms with van der Waals surface area (Å²) >= 11 is 1.14. The van der Waals surface area contributed by atoms with Crippen LogP contribution in [-0.2, 0) is 4.74 Å². The van der Waals surface area contributed by atoms with Gasteiger partial charge in [0.2, 0.25) is 11.0 Å². The quantitative estimate of drug-likeness (QED) is 0.644. The number of aromatic nitrogens is 2. The number of hydrogen-bond acceptors (Lipinski definition) is 6. The third-order valence-corrected chi connectivity index (χ3v) is 2.41. The second-order valence-corrected chi connectivity index (χ2v) is 3.36.